The van der Waals surface area contributed by atoms with Gasteiger partial charge < -0.3 is 11.1 Å². The predicted octanol–water partition coefficient (Wildman–Crippen LogP) is 2.77. The van der Waals surface area contributed by atoms with Gasteiger partial charge in [-0.05, 0) is 30.7 Å². The van der Waals surface area contributed by atoms with Gasteiger partial charge in [0.25, 0.3) is 0 Å². The van der Waals surface area contributed by atoms with Crippen LogP contribution in [-0.4, -0.2) is 22.5 Å². The SMILES string of the molecule is NC(=S)c1c(F)cccc1NC1CCCSC1. The molecular formula is C12H15FN2S2. The van der Waals surface area contributed by atoms with Crippen molar-refractivity contribution in [1.29, 1.82) is 0 Å². The maximum Gasteiger partial charge on any atom is 0.135 e. The second-order valence-electron chi connectivity index (χ2n) is 4.09. The lowest BCUT2D eigenvalue weighted by molar-refractivity contribution is 0.624. The third kappa shape index (κ3) is 3.10. The van der Waals surface area contributed by atoms with Crippen LogP contribution < -0.4 is 11.1 Å². The highest BCUT2D eigenvalue weighted by Gasteiger charge is 2.17. The molecule has 1 atom stereocenters. The van der Waals surface area contributed by atoms with Gasteiger partial charge in [-0.2, -0.15) is 11.8 Å². The standard InChI is InChI=1S/C12H15FN2S2/c13-9-4-1-5-10(11(9)12(14)16)15-8-3-2-6-17-7-8/h1,4-5,8,15H,2-3,6-7H2,(H2,14,16). The summed E-state index contributed by atoms with van der Waals surface area (Å²) < 4.78 is 13.6. The molecule has 0 aliphatic carbocycles. The van der Waals surface area contributed by atoms with Gasteiger partial charge in [-0.3, -0.25) is 0 Å². The average Bonchev–Trinajstić information content (AvgIpc) is 2.30. The van der Waals surface area contributed by atoms with Crippen molar-refractivity contribution < 1.29 is 4.39 Å². The van der Waals surface area contributed by atoms with E-state index in [1.54, 1.807) is 6.07 Å². The van der Waals surface area contributed by atoms with Crippen molar-refractivity contribution in [3.05, 3.63) is 29.6 Å². The van der Waals surface area contributed by atoms with Gasteiger partial charge >= 0.3 is 0 Å². The van der Waals surface area contributed by atoms with Crippen molar-refractivity contribution in [3.8, 4) is 0 Å². The molecule has 1 aromatic carbocycles. The minimum atomic E-state index is -0.356. The summed E-state index contributed by atoms with van der Waals surface area (Å²) in [5.41, 5.74) is 6.61. The molecule has 0 spiro atoms. The molecule has 1 aromatic rings. The molecule has 1 aliphatic rings. The summed E-state index contributed by atoms with van der Waals surface area (Å²) in [6.07, 6.45) is 2.31. The Balaban J connectivity index is 2.19. The molecule has 0 aromatic heterocycles. The molecule has 5 heteroatoms. The smallest absolute Gasteiger partial charge is 0.135 e. The Labute approximate surface area is 110 Å². The molecule has 1 fully saturated rings. The van der Waals surface area contributed by atoms with Gasteiger partial charge in [0.05, 0.1) is 5.56 Å². The normalized spacial score (nSPS) is 19.9. The largest absolute Gasteiger partial charge is 0.389 e. The maximum absolute atomic E-state index is 13.6. The summed E-state index contributed by atoms with van der Waals surface area (Å²) in [6.45, 7) is 0. The zero-order valence-electron chi connectivity index (χ0n) is 9.41. The van der Waals surface area contributed by atoms with E-state index in [4.69, 9.17) is 18.0 Å². The molecule has 1 unspecified atom stereocenters. The van der Waals surface area contributed by atoms with Crippen LogP contribution >= 0.6 is 24.0 Å². The van der Waals surface area contributed by atoms with Crippen LogP contribution in [0.15, 0.2) is 18.2 Å². The molecule has 0 saturated carbocycles. The number of nitrogens with two attached hydrogens (primary N) is 1. The predicted molar refractivity (Wildman–Crippen MR) is 76.3 cm³/mol. The lowest BCUT2D eigenvalue weighted by Gasteiger charge is -2.24. The van der Waals surface area contributed by atoms with Crippen molar-refractivity contribution in [2.75, 3.05) is 16.8 Å². The molecule has 92 valence electrons. The Morgan fingerprint density at radius 1 is 1.53 bits per heavy atom. The van der Waals surface area contributed by atoms with Crippen molar-refractivity contribution in [1.82, 2.24) is 0 Å². The van der Waals surface area contributed by atoms with E-state index >= 15 is 0 Å². The summed E-state index contributed by atoms with van der Waals surface area (Å²) in [6, 6.07) is 5.27. The van der Waals surface area contributed by atoms with Crippen LogP contribution in [0.1, 0.15) is 18.4 Å². The van der Waals surface area contributed by atoms with Gasteiger partial charge in [0.1, 0.15) is 10.8 Å². The van der Waals surface area contributed by atoms with Gasteiger partial charge in [0, 0.05) is 17.5 Å². The number of halogens is 1. The molecule has 17 heavy (non-hydrogen) atoms. The quantitative estimate of drug-likeness (QED) is 0.828. The van der Waals surface area contributed by atoms with Gasteiger partial charge in [-0.25, -0.2) is 4.39 Å². The van der Waals surface area contributed by atoms with Gasteiger partial charge in [0.2, 0.25) is 0 Å². The lowest BCUT2D eigenvalue weighted by atomic mass is 10.1. The number of hydrogen-bond acceptors (Lipinski definition) is 3. The molecule has 2 nitrogen and oxygen atoms in total. The van der Waals surface area contributed by atoms with Crippen LogP contribution in [0.4, 0.5) is 10.1 Å². The highest BCUT2D eigenvalue weighted by atomic mass is 32.2. The topological polar surface area (TPSA) is 38.0 Å². The van der Waals surface area contributed by atoms with Gasteiger partial charge in [-0.15, -0.1) is 0 Å². The number of rotatable bonds is 3. The van der Waals surface area contributed by atoms with E-state index in [1.165, 1.54) is 18.2 Å². The summed E-state index contributed by atoms with van der Waals surface area (Å²) >= 11 is 6.82. The summed E-state index contributed by atoms with van der Waals surface area (Å²) in [5.74, 6) is 1.91. The molecule has 1 heterocycles. The molecule has 2 rings (SSSR count). The molecular weight excluding hydrogens is 255 g/mol. The number of thioether (sulfide) groups is 1. The van der Waals surface area contributed by atoms with Crippen molar-refractivity contribution >= 4 is 34.7 Å². The minimum Gasteiger partial charge on any atom is -0.389 e. The van der Waals surface area contributed by atoms with Crippen LogP contribution in [0.25, 0.3) is 0 Å². The van der Waals surface area contributed by atoms with E-state index in [1.807, 2.05) is 17.8 Å². The third-order valence-corrected chi connectivity index (χ3v) is 4.20. The molecule has 3 N–H and O–H groups in total. The van der Waals surface area contributed by atoms with E-state index in [0.29, 0.717) is 17.3 Å². The minimum absolute atomic E-state index is 0.106. The molecule has 0 radical (unpaired) electrons. The fourth-order valence-electron chi connectivity index (χ4n) is 1.97. The first kappa shape index (κ1) is 12.6. The number of thiocarbonyl (C=S) groups is 1. The van der Waals surface area contributed by atoms with Crippen molar-refractivity contribution in [2.45, 2.75) is 18.9 Å². The lowest BCUT2D eigenvalue weighted by Crippen LogP contribution is -2.27. The number of nitrogens with one attached hydrogen (secondary N) is 1. The monoisotopic (exact) mass is 270 g/mol. The van der Waals surface area contributed by atoms with E-state index in [-0.39, 0.29) is 10.8 Å². The van der Waals surface area contributed by atoms with Crippen molar-refractivity contribution in [2.24, 2.45) is 5.73 Å². The molecule has 1 saturated heterocycles. The van der Waals surface area contributed by atoms with Gasteiger partial charge in [-0.1, -0.05) is 18.3 Å². The van der Waals surface area contributed by atoms with Gasteiger partial charge in [0.15, 0.2) is 0 Å². The summed E-state index contributed by atoms with van der Waals surface area (Å²) in [4.78, 5) is 0.106. The Morgan fingerprint density at radius 3 is 3.00 bits per heavy atom. The second-order valence-corrected chi connectivity index (χ2v) is 5.67. The number of hydrogen-bond donors (Lipinski definition) is 2. The highest BCUT2D eigenvalue weighted by Crippen LogP contribution is 2.24. The van der Waals surface area contributed by atoms with E-state index in [2.05, 4.69) is 5.32 Å². The van der Waals surface area contributed by atoms with Crippen LogP contribution in [-0.2, 0) is 0 Å². The fourth-order valence-corrected chi connectivity index (χ4v) is 3.25. The third-order valence-electron chi connectivity index (χ3n) is 2.78. The summed E-state index contributed by atoms with van der Waals surface area (Å²) in [5, 5.41) is 3.34. The van der Waals surface area contributed by atoms with E-state index in [0.717, 1.165) is 12.2 Å². The maximum atomic E-state index is 13.6. The second kappa shape index (κ2) is 5.69. The zero-order chi connectivity index (χ0) is 12.3. The highest BCUT2D eigenvalue weighted by molar-refractivity contribution is 7.99. The zero-order valence-corrected chi connectivity index (χ0v) is 11.0. The molecule has 0 bridgehead atoms. The van der Waals surface area contributed by atoms with Crippen LogP contribution in [0.3, 0.4) is 0 Å². The number of anilines is 1. The van der Waals surface area contributed by atoms with Crippen LogP contribution in [0.2, 0.25) is 0 Å². The Hall–Kier alpha value is -0.810. The summed E-state index contributed by atoms with van der Waals surface area (Å²) in [7, 11) is 0. The Bertz CT molecular complexity index is 417. The van der Waals surface area contributed by atoms with Crippen LogP contribution in [0.5, 0.6) is 0 Å². The average molecular weight is 270 g/mol. The molecule has 0 amide bonds. The van der Waals surface area contributed by atoms with E-state index < -0.39 is 0 Å². The molecule has 1 aliphatic heterocycles. The van der Waals surface area contributed by atoms with Crippen LogP contribution in [0, 0.1) is 5.82 Å². The first-order chi connectivity index (χ1) is 8.18. The fraction of sp³-hybridized carbons (Fsp3) is 0.417. The van der Waals surface area contributed by atoms with E-state index in [9.17, 15) is 4.39 Å². The Kier molecular flexibility index (Phi) is 4.23. The first-order valence-corrected chi connectivity index (χ1v) is 7.17. The Morgan fingerprint density at radius 2 is 2.35 bits per heavy atom. The number of benzene rings is 1. The first-order valence-electron chi connectivity index (χ1n) is 5.61. The van der Waals surface area contributed by atoms with Crippen molar-refractivity contribution in [3.63, 3.8) is 0 Å².